The molecule has 0 radical (unpaired) electrons. The number of ether oxygens (including phenoxy) is 2. The number of hydrogen-bond donors (Lipinski definition) is 5. The fraction of sp³-hybridized carbons (Fsp3) is 0.415. The second-order valence-electron chi connectivity index (χ2n) is 15.2. The highest BCUT2D eigenvalue weighted by atomic mass is 16.5. The summed E-state index contributed by atoms with van der Waals surface area (Å²) in [6.07, 6.45) is 1.27. The molecular weight excluding hydrogens is 716 g/mol. The van der Waals surface area contributed by atoms with Gasteiger partial charge in [-0.1, -0.05) is 45.9 Å². The highest BCUT2D eigenvalue weighted by molar-refractivity contribution is 5.88. The van der Waals surface area contributed by atoms with Crippen molar-refractivity contribution in [1.82, 2.24) is 40.4 Å². The monoisotopic (exact) mass is 764 g/mol. The summed E-state index contributed by atoms with van der Waals surface area (Å²) in [5.74, 6) is 1.94. The molecule has 0 bridgehead atoms. The van der Waals surface area contributed by atoms with Crippen LogP contribution in [0.3, 0.4) is 0 Å². The first-order chi connectivity index (χ1) is 26.9. The van der Waals surface area contributed by atoms with Crippen molar-refractivity contribution in [3.63, 3.8) is 0 Å². The first-order valence-corrected chi connectivity index (χ1v) is 19.1. The van der Waals surface area contributed by atoms with Gasteiger partial charge in [0.05, 0.1) is 41.3 Å². The smallest absolute Gasteiger partial charge is 0.407 e. The molecule has 4 heterocycles. The third-order valence-electron chi connectivity index (χ3n) is 10.7. The van der Waals surface area contributed by atoms with Crippen LogP contribution in [0.15, 0.2) is 60.7 Å². The highest BCUT2D eigenvalue weighted by Gasteiger charge is 2.39. The number of carbonyl (C=O) groups excluding carboxylic acids is 3. The topological polar surface area (TPSA) is 195 Å². The number of methoxy groups -OCH3 is 1. The lowest BCUT2D eigenvalue weighted by Gasteiger charge is -2.29. The molecule has 0 spiro atoms. The number of hydrogen-bond acceptors (Lipinski definition) is 8. The Balaban J connectivity index is 1.03. The van der Waals surface area contributed by atoms with Gasteiger partial charge < -0.3 is 45.0 Å². The van der Waals surface area contributed by atoms with Gasteiger partial charge in [-0.2, -0.15) is 0 Å². The zero-order valence-electron chi connectivity index (χ0n) is 32.2. The van der Waals surface area contributed by atoms with Gasteiger partial charge >= 0.3 is 12.2 Å². The number of carbonyl (C=O) groups is 4. The average Bonchev–Trinajstić information content (AvgIpc) is 4.00. The van der Waals surface area contributed by atoms with E-state index in [-0.39, 0.29) is 35.7 Å². The summed E-state index contributed by atoms with van der Waals surface area (Å²) < 4.78 is 11.0. The Morgan fingerprint density at radius 2 is 1.21 bits per heavy atom. The van der Waals surface area contributed by atoms with Crippen molar-refractivity contribution in [3.05, 3.63) is 72.3 Å². The van der Waals surface area contributed by atoms with Crippen LogP contribution in [0.25, 0.3) is 33.2 Å². The van der Waals surface area contributed by atoms with Gasteiger partial charge in [0.15, 0.2) is 0 Å². The van der Waals surface area contributed by atoms with E-state index in [4.69, 9.17) is 19.4 Å². The number of carboxylic acid groups (broad SMARTS) is 1. The fourth-order valence-corrected chi connectivity index (χ4v) is 7.78. The Morgan fingerprint density at radius 1 is 0.714 bits per heavy atom. The number of aromatic amines is 2. The fourth-order valence-electron chi connectivity index (χ4n) is 7.78. The van der Waals surface area contributed by atoms with Crippen molar-refractivity contribution >= 4 is 46.1 Å². The van der Waals surface area contributed by atoms with E-state index in [2.05, 4.69) is 20.6 Å². The molecule has 2 aromatic heterocycles. The standard InChI is InChI=1S/C41H48N8O7/c1-22(2)34(46-40(52)53)38(50)48-18-6-9-33(48)37-43-29-17-15-27(21-31(29)45-37)56-26-13-10-24(11-14-26)25-12-16-28-30(20-25)44-36(42-28)32-8-7-19-49(32)39(51)35(23(3)4)47-41(54)55-5/h10-17,20-23,32-35,46H,6-9,18-19H2,1-5H3,(H,42,44)(H,43,45)(H,47,54)(H,52,53)/t32?,33-,34-,35-/m0/s1. The number of likely N-dealkylation sites (tertiary alicyclic amines) is 2. The molecule has 2 fully saturated rings. The number of imidazole rings is 2. The summed E-state index contributed by atoms with van der Waals surface area (Å²) in [7, 11) is 1.28. The first kappa shape index (κ1) is 38.2. The van der Waals surface area contributed by atoms with E-state index in [9.17, 15) is 24.3 Å². The molecule has 3 aromatic carbocycles. The zero-order valence-corrected chi connectivity index (χ0v) is 32.2. The molecule has 5 N–H and O–H groups in total. The molecule has 0 saturated carbocycles. The Hall–Kier alpha value is -6.12. The van der Waals surface area contributed by atoms with Gasteiger partial charge in [-0.15, -0.1) is 0 Å². The molecule has 5 aromatic rings. The maximum atomic E-state index is 13.6. The highest BCUT2D eigenvalue weighted by Crippen LogP contribution is 2.36. The average molecular weight is 765 g/mol. The molecule has 2 aliphatic heterocycles. The van der Waals surface area contributed by atoms with Crippen LogP contribution in [-0.2, 0) is 14.3 Å². The summed E-state index contributed by atoms with van der Waals surface area (Å²) in [5, 5.41) is 14.4. The van der Waals surface area contributed by atoms with E-state index in [1.54, 1.807) is 9.80 Å². The lowest BCUT2D eigenvalue weighted by Crippen LogP contribution is -2.51. The molecule has 2 saturated heterocycles. The van der Waals surface area contributed by atoms with Crippen LogP contribution in [0.4, 0.5) is 9.59 Å². The molecule has 1 unspecified atom stereocenters. The van der Waals surface area contributed by atoms with Gasteiger partial charge in [0.1, 0.15) is 35.2 Å². The molecule has 0 aliphatic carbocycles. The minimum atomic E-state index is -1.22. The van der Waals surface area contributed by atoms with Crippen LogP contribution in [0.2, 0.25) is 0 Å². The van der Waals surface area contributed by atoms with Crippen molar-refractivity contribution < 1.29 is 33.8 Å². The third kappa shape index (κ3) is 7.84. The summed E-state index contributed by atoms with van der Waals surface area (Å²) in [4.78, 5) is 70.3. The van der Waals surface area contributed by atoms with Crippen molar-refractivity contribution in [2.75, 3.05) is 20.2 Å². The van der Waals surface area contributed by atoms with E-state index in [1.807, 2.05) is 88.4 Å². The second-order valence-corrected chi connectivity index (χ2v) is 15.2. The molecule has 15 heteroatoms. The van der Waals surface area contributed by atoms with E-state index < -0.39 is 24.3 Å². The number of benzene rings is 3. The van der Waals surface area contributed by atoms with Crippen molar-refractivity contribution in [2.45, 2.75) is 77.5 Å². The van der Waals surface area contributed by atoms with Crippen molar-refractivity contribution in [2.24, 2.45) is 11.8 Å². The summed E-state index contributed by atoms with van der Waals surface area (Å²) in [5.41, 5.74) is 5.16. The van der Waals surface area contributed by atoms with E-state index in [0.29, 0.717) is 30.4 Å². The number of alkyl carbamates (subject to hydrolysis) is 1. The predicted octanol–water partition coefficient (Wildman–Crippen LogP) is 6.90. The van der Waals surface area contributed by atoms with E-state index in [1.165, 1.54) is 7.11 Å². The van der Waals surface area contributed by atoms with Gasteiger partial charge in [0.25, 0.3) is 0 Å². The van der Waals surface area contributed by atoms with Gasteiger partial charge in [-0.3, -0.25) is 9.59 Å². The van der Waals surface area contributed by atoms with Crippen LogP contribution >= 0.6 is 0 Å². The molecule has 56 heavy (non-hydrogen) atoms. The number of nitrogens with one attached hydrogen (secondary N) is 4. The first-order valence-electron chi connectivity index (χ1n) is 19.1. The Labute approximate surface area is 324 Å². The maximum absolute atomic E-state index is 13.6. The molecular formula is C41H48N8O7. The van der Waals surface area contributed by atoms with Crippen LogP contribution < -0.4 is 15.4 Å². The minimum Gasteiger partial charge on any atom is -0.465 e. The summed E-state index contributed by atoms with van der Waals surface area (Å²) >= 11 is 0. The number of rotatable bonds is 11. The van der Waals surface area contributed by atoms with Crippen LogP contribution in [0.1, 0.15) is 77.1 Å². The van der Waals surface area contributed by atoms with Crippen LogP contribution in [0, 0.1) is 11.8 Å². The SMILES string of the molecule is COC(=O)N[C@H](C(=O)N1CCCC1c1nc2ccc(-c3ccc(Oc4ccc5nc([C@@H]6CCCN6C(=O)[C@@H](NC(=O)O)C(C)C)[nH]c5c4)cc3)cc2[nH]1)C(C)C. The zero-order chi connectivity index (χ0) is 39.7. The Kier molecular flexibility index (Phi) is 10.9. The van der Waals surface area contributed by atoms with E-state index >= 15 is 0 Å². The predicted molar refractivity (Wildman–Crippen MR) is 209 cm³/mol. The lowest BCUT2D eigenvalue weighted by atomic mass is 10.0. The minimum absolute atomic E-state index is 0.116. The van der Waals surface area contributed by atoms with Crippen LogP contribution in [-0.4, -0.2) is 91.1 Å². The van der Waals surface area contributed by atoms with Gasteiger partial charge in [-0.05, 0) is 85.0 Å². The lowest BCUT2D eigenvalue weighted by molar-refractivity contribution is -0.136. The Morgan fingerprint density at radius 3 is 1.75 bits per heavy atom. The maximum Gasteiger partial charge on any atom is 0.407 e. The molecule has 2 aliphatic rings. The molecule has 4 amide bonds. The molecule has 7 rings (SSSR count). The van der Waals surface area contributed by atoms with E-state index in [0.717, 1.165) is 64.7 Å². The van der Waals surface area contributed by atoms with Crippen LogP contribution in [0.5, 0.6) is 11.5 Å². The second kappa shape index (κ2) is 15.9. The van der Waals surface area contributed by atoms with Gasteiger partial charge in [-0.25, -0.2) is 19.6 Å². The number of nitrogens with zero attached hydrogens (tertiary/aromatic N) is 4. The third-order valence-corrected chi connectivity index (χ3v) is 10.7. The molecule has 15 nitrogen and oxygen atoms in total. The molecule has 4 atom stereocenters. The van der Waals surface area contributed by atoms with Gasteiger partial charge in [0.2, 0.25) is 11.8 Å². The number of amides is 4. The molecule has 294 valence electrons. The Bertz CT molecular complexity index is 2250. The van der Waals surface area contributed by atoms with Gasteiger partial charge in [0, 0.05) is 19.2 Å². The van der Waals surface area contributed by atoms with Crippen molar-refractivity contribution in [1.29, 1.82) is 0 Å². The number of H-pyrrole nitrogens is 2. The summed E-state index contributed by atoms with van der Waals surface area (Å²) in [6, 6.07) is 17.4. The summed E-state index contributed by atoms with van der Waals surface area (Å²) in [6.45, 7) is 8.55. The number of aromatic nitrogens is 4. The quantitative estimate of drug-likeness (QED) is 0.0951. The largest absolute Gasteiger partial charge is 0.465 e. The normalized spacial score (nSPS) is 18.1. The number of fused-ring (bicyclic) bond motifs is 2. The van der Waals surface area contributed by atoms with Crippen molar-refractivity contribution in [3.8, 4) is 22.6 Å².